The number of nitro groups is 1. The van der Waals surface area contributed by atoms with Gasteiger partial charge in [0, 0.05) is 35.3 Å². The van der Waals surface area contributed by atoms with Crippen molar-refractivity contribution in [1.82, 2.24) is 0 Å². The van der Waals surface area contributed by atoms with Crippen molar-refractivity contribution in [3.63, 3.8) is 0 Å². The van der Waals surface area contributed by atoms with Gasteiger partial charge in [-0.05, 0) is 35.6 Å². The number of nitrogens with two attached hydrogens (primary N) is 1. The van der Waals surface area contributed by atoms with Crippen LogP contribution in [0.2, 0.25) is 0 Å². The summed E-state index contributed by atoms with van der Waals surface area (Å²) < 4.78 is 0.877. The van der Waals surface area contributed by atoms with Crippen molar-refractivity contribution in [3.8, 4) is 0 Å². The Morgan fingerprint density at radius 3 is 2.69 bits per heavy atom. The van der Waals surface area contributed by atoms with Gasteiger partial charge in [0.1, 0.15) is 0 Å². The van der Waals surface area contributed by atoms with Crippen LogP contribution in [0.25, 0.3) is 0 Å². The van der Waals surface area contributed by atoms with E-state index in [1.54, 1.807) is 12.1 Å². The highest BCUT2D eigenvalue weighted by atomic mass is 127. The van der Waals surface area contributed by atoms with E-state index >= 15 is 0 Å². The number of nitrogens with zero attached hydrogens (tertiary/aromatic N) is 2. The molecule has 1 rings (SSSR count). The number of likely N-dealkylation sites (N-methyl/N-ethyl adjacent to an activating group) is 1. The third-order valence-corrected chi connectivity index (χ3v) is 3.13. The Kier molecular flexibility index (Phi) is 4.94. The highest BCUT2D eigenvalue weighted by Crippen LogP contribution is 2.26. The first-order chi connectivity index (χ1) is 7.60. The lowest BCUT2D eigenvalue weighted by Crippen LogP contribution is -2.29. The molecule has 0 saturated heterocycles. The summed E-state index contributed by atoms with van der Waals surface area (Å²) in [5, 5.41) is 10.6. The molecule has 0 spiro atoms. The number of hydrogen-bond acceptors (Lipinski definition) is 4. The normalized spacial score (nSPS) is 10.2. The second-order valence-electron chi connectivity index (χ2n) is 3.26. The minimum Gasteiger partial charge on any atom is -0.370 e. The third kappa shape index (κ3) is 3.05. The number of anilines is 1. The number of non-ortho nitro benzene ring substituents is 1. The van der Waals surface area contributed by atoms with E-state index in [0.29, 0.717) is 6.54 Å². The second kappa shape index (κ2) is 6.00. The van der Waals surface area contributed by atoms with E-state index in [1.807, 2.05) is 6.92 Å². The lowest BCUT2D eigenvalue weighted by atomic mass is 10.2. The molecule has 88 valence electrons. The Bertz CT molecular complexity index is 384. The second-order valence-corrected chi connectivity index (χ2v) is 4.42. The molecular formula is C10H14IN3O2. The summed E-state index contributed by atoms with van der Waals surface area (Å²) in [4.78, 5) is 12.3. The zero-order chi connectivity index (χ0) is 12.1. The van der Waals surface area contributed by atoms with E-state index in [4.69, 9.17) is 5.73 Å². The van der Waals surface area contributed by atoms with Crippen molar-refractivity contribution in [2.45, 2.75) is 6.92 Å². The lowest BCUT2D eigenvalue weighted by molar-refractivity contribution is -0.384. The maximum atomic E-state index is 10.6. The molecule has 0 bridgehead atoms. The van der Waals surface area contributed by atoms with Crippen LogP contribution in [0.3, 0.4) is 0 Å². The number of nitro benzene ring substituents is 1. The van der Waals surface area contributed by atoms with Gasteiger partial charge in [-0.2, -0.15) is 0 Å². The molecule has 1 aromatic rings. The summed E-state index contributed by atoms with van der Waals surface area (Å²) in [5.41, 5.74) is 6.64. The maximum absolute atomic E-state index is 10.6. The van der Waals surface area contributed by atoms with Gasteiger partial charge in [-0.25, -0.2) is 0 Å². The number of rotatable bonds is 5. The molecule has 2 N–H and O–H groups in total. The molecule has 0 aliphatic heterocycles. The molecule has 16 heavy (non-hydrogen) atoms. The monoisotopic (exact) mass is 335 g/mol. The first kappa shape index (κ1) is 13.2. The lowest BCUT2D eigenvalue weighted by Gasteiger charge is -2.23. The van der Waals surface area contributed by atoms with Crippen LogP contribution in [0.4, 0.5) is 11.4 Å². The average Bonchev–Trinajstić information content (AvgIpc) is 2.26. The van der Waals surface area contributed by atoms with E-state index in [2.05, 4.69) is 27.5 Å². The molecule has 0 radical (unpaired) electrons. The van der Waals surface area contributed by atoms with Gasteiger partial charge >= 0.3 is 0 Å². The Morgan fingerprint density at radius 2 is 2.25 bits per heavy atom. The number of halogens is 1. The standard InChI is InChI=1S/C10H14IN3O2/c1-2-13(6-5-12)10-4-3-8(14(15)16)7-9(10)11/h3-4,7H,2,5-6,12H2,1H3. The van der Waals surface area contributed by atoms with Crippen molar-refractivity contribution in [2.75, 3.05) is 24.5 Å². The van der Waals surface area contributed by atoms with Crippen molar-refractivity contribution >= 4 is 34.0 Å². The predicted octanol–water partition coefficient (Wildman–Crippen LogP) is 1.98. The topological polar surface area (TPSA) is 72.4 Å². The zero-order valence-corrected chi connectivity index (χ0v) is 11.2. The summed E-state index contributed by atoms with van der Waals surface area (Å²) in [5.74, 6) is 0. The number of hydrogen-bond donors (Lipinski definition) is 1. The molecule has 0 amide bonds. The van der Waals surface area contributed by atoms with Gasteiger partial charge in [0.25, 0.3) is 5.69 Å². The molecule has 0 aliphatic rings. The molecule has 1 aromatic carbocycles. The van der Waals surface area contributed by atoms with Gasteiger partial charge in [0.15, 0.2) is 0 Å². The van der Waals surface area contributed by atoms with E-state index in [9.17, 15) is 10.1 Å². The zero-order valence-electron chi connectivity index (χ0n) is 9.02. The van der Waals surface area contributed by atoms with Gasteiger partial charge in [0.2, 0.25) is 0 Å². The van der Waals surface area contributed by atoms with Crippen molar-refractivity contribution < 1.29 is 4.92 Å². The van der Waals surface area contributed by atoms with Crippen LogP contribution in [-0.4, -0.2) is 24.6 Å². The van der Waals surface area contributed by atoms with Crippen LogP contribution in [-0.2, 0) is 0 Å². The number of benzene rings is 1. The summed E-state index contributed by atoms with van der Waals surface area (Å²) in [7, 11) is 0. The average molecular weight is 335 g/mol. The van der Waals surface area contributed by atoms with Crippen LogP contribution >= 0.6 is 22.6 Å². The Balaban J connectivity index is 3.01. The van der Waals surface area contributed by atoms with E-state index < -0.39 is 0 Å². The fourth-order valence-electron chi connectivity index (χ4n) is 1.47. The van der Waals surface area contributed by atoms with E-state index in [0.717, 1.165) is 22.3 Å². The first-order valence-electron chi connectivity index (χ1n) is 4.99. The van der Waals surface area contributed by atoms with Gasteiger partial charge in [0.05, 0.1) is 10.6 Å². The molecular weight excluding hydrogens is 321 g/mol. The van der Waals surface area contributed by atoms with Crippen LogP contribution < -0.4 is 10.6 Å². The molecule has 0 fully saturated rings. The summed E-state index contributed by atoms with van der Waals surface area (Å²) >= 11 is 2.11. The quantitative estimate of drug-likeness (QED) is 0.507. The van der Waals surface area contributed by atoms with Crippen molar-refractivity contribution in [2.24, 2.45) is 5.73 Å². The van der Waals surface area contributed by atoms with Crippen LogP contribution in [0, 0.1) is 13.7 Å². The molecule has 5 nitrogen and oxygen atoms in total. The van der Waals surface area contributed by atoms with Crippen molar-refractivity contribution in [1.29, 1.82) is 0 Å². The van der Waals surface area contributed by atoms with Gasteiger partial charge in [-0.15, -0.1) is 0 Å². The van der Waals surface area contributed by atoms with Gasteiger partial charge < -0.3 is 10.6 Å². The third-order valence-electron chi connectivity index (χ3n) is 2.26. The Morgan fingerprint density at radius 1 is 1.56 bits per heavy atom. The summed E-state index contributed by atoms with van der Waals surface area (Å²) in [6, 6.07) is 4.88. The molecule has 6 heteroatoms. The maximum Gasteiger partial charge on any atom is 0.270 e. The largest absolute Gasteiger partial charge is 0.370 e. The minimum atomic E-state index is -0.384. The Hall–Kier alpha value is -0.890. The Labute approximate surface area is 108 Å². The molecule has 0 unspecified atom stereocenters. The smallest absolute Gasteiger partial charge is 0.270 e. The van der Waals surface area contributed by atoms with E-state index in [1.165, 1.54) is 6.07 Å². The SMILES string of the molecule is CCN(CCN)c1ccc([N+](=O)[O-])cc1I. The highest BCUT2D eigenvalue weighted by molar-refractivity contribution is 14.1. The van der Waals surface area contributed by atoms with Crippen LogP contribution in [0.15, 0.2) is 18.2 Å². The summed E-state index contributed by atoms with van der Waals surface area (Å²) in [6.45, 7) is 4.20. The summed E-state index contributed by atoms with van der Waals surface area (Å²) in [6.07, 6.45) is 0. The van der Waals surface area contributed by atoms with Gasteiger partial charge in [-0.3, -0.25) is 10.1 Å². The highest BCUT2D eigenvalue weighted by Gasteiger charge is 2.12. The fraction of sp³-hybridized carbons (Fsp3) is 0.400. The fourth-order valence-corrected chi connectivity index (χ4v) is 2.31. The molecule has 0 atom stereocenters. The predicted molar refractivity (Wildman–Crippen MR) is 72.8 cm³/mol. The van der Waals surface area contributed by atoms with E-state index in [-0.39, 0.29) is 10.6 Å². The van der Waals surface area contributed by atoms with Crippen molar-refractivity contribution in [3.05, 3.63) is 31.9 Å². The van der Waals surface area contributed by atoms with Gasteiger partial charge in [-0.1, -0.05) is 0 Å². The molecule has 0 aromatic heterocycles. The van der Waals surface area contributed by atoms with Crippen LogP contribution in [0.1, 0.15) is 6.92 Å². The molecule has 0 heterocycles. The molecule has 0 saturated carbocycles. The minimum absolute atomic E-state index is 0.122. The first-order valence-corrected chi connectivity index (χ1v) is 6.07. The van der Waals surface area contributed by atoms with Crippen LogP contribution in [0.5, 0.6) is 0 Å². The molecule has 0 aliphatic carbocycles.